The average Bonchev–Trinajstić information content (AvgIpc) is 3.61. The predicted molar refractivity (Wildman–Crippen MR) is 112 cm³/mol. The van der Waals surface area contributed by atoms with Crippen LogP contribution in [0.5, 0.6) is 0 Å². The van der Waals surface area contributed by atoms with E-state index in [1.165, 1.54) is 0 Å². The van der Waals surface area contributed by atoms with Gasteiger partial charge in [0.2, 0.25) is 0 Å². The number of rotatable bonds is 3. The normalized spacial score (nSPS) is 21.7. The van der Waals surface area contributed by atoms with E-state index in [2.05, 4.69) is 23.7 Å². The minimum Gasteiger partial charge on any atom is -0.461 e. The van der Waals surface area contributed by atoms with Gasteiger partial charge in [-0.1, -0.05) is 78.3 Å². The standard InChI is InChI=1S/C26H20O3/c27-25(29-20-24-19-28-24)26(17-15-22-10-5-2-6-11-22)16-7-12-23(18-26)14-13-21-8-3-1-4-9-21/h1-12,16,24H,18-20H2. The molecule has 1 aliphatic carbocycles. The second kappa shape index (κ2) is 8.65. The summed E-state index contributed by atoms with van der Waals surface area (Å²) in [6.45, 7) is 0.899. The summed E-state index contributed by atoms with van der Waals surface area (Å²) in [5.41, 5.74) is 1.57. The van der Waals surface area contributed by atoms with Gasteiger partial charge in [-0.05, 0) is 24.3 Å². The molecule has 1 fully saturated rings. The van der Waals surface area contributed by atoms with Gasteiger partial charge >= 0.3 is 5.97 Å². The lowest BCUT2D eigenvalue weighted by atomic mass is 9.78. The van der Waals surface area contributed by atoms with Gasteiger partial charge in [-0.3, -0.25) is 4.79 Å². The molecule has 1 heterocycles. The van der Waals surface area contributed by atoms with Crippen molar-refractivity contribution in [2.75, 3.05) is 13.2 Å². The lowest BCUT2D eigenvalue weighted by molar-refractivity contribution is -0.150. The molecule has 142 valence electrons. The van der Waals surface area contributed by atoms with Crippen LogP contribution in [0.4, 0.5) is 0 Å². The van der Waals surface area contributed by atoms with Gasteiger partial charge in [-0.25, -0.2) is 0 Å². The third kappa shape index (κ3) is 5.05. The Balaban J connectivity index is 1.59. The fourth-order valence-corrected chi connectivity index (χ4v) is 2.95. The van der Waals surface area contributed by atoms with E-state index >= 15 is 0 Å². The van der Waals surface area contributed by atoms with Crippen molar-refractivity contribution in [1.82, 2.24) is 0 Å². The van der Waals surface area contributed by atoms with Gasteiger partial charge in [-0.15, -0.1) is 0 Å². The molecule has 3 heteroatoms. The molecule has 0 spiro atoms. The fraction of sp³-hybridized carbons (Fsp3) is 0.192. The van der Waals surface area contributed by atoms with Crippen molar-refractivity contribution in [1.29, 1.82) is 0 Å². The highest BCUT2D eigenvalue weighted by Crippen LogP contribution is 2.33. The molecule has 2 aliphatic rings. The topological polar surface area (TPSA) is 38.8 Å². The van der Waals surface area contributed by atoms with E-state index in [0.29, 0.717) is 13.0 Å². The minimum absolute atomic E-state index is 0.0125. The first-order chi connectivity index (χ1) is 14.2. The molecule has 4 rings (SSSR count). The number of ether oxygens (including phenoxy) is 2. The maximum absolute atomic E-state index is 13.0. The van der Waals surface area contributed by atoms with Crippen LogP contribution < -0.4 is 0 Å². The SMILES string of the molecule is O=C(OCC1CO1)C1(C#Cc2ccccc2)C=CC=C(C#Cc2ccccc2)C1. The Bertz CT molecular complexity index is 1050. The first-order valence-electron chi connectivity index (χ1n) is 9.56. The lowest BCUT2D eigenvalue weighted by Crippen LogP contribution is -2.32. The number of hydrogen-bond donors (Lipinski definition) is 0. The first-order valence-corrected chi connectivity index (χ1v) is 9.56. The van der Waals surface area contributed by atoms with Crippen molar-refractivity contribution in [2.45, 2.75) is 12.5 Å². The quantitative estimate of drug-likeness (QED) is 0.460. The van der Waals surface area contributed by atoms with Gasteiger partial charge in [0.05, 0.1) is 6.61 Å². The largest absolute Gasteiger partial charge is 0.461 e. The van der Waals surface area contributed by atoms with Crippen molar-refractivity contribution in [3.63, 3.8) is 0 Å². The number of carbonyl (C=O) groups excluding carboxylic acids is 1. The van der Waals surface area contributed by atoms with Gasteiger partial charge in [0.25, 0.3) is 0 Å². The summed E-state index contributed by atoms with van der Waals surface area (Å²) in [6.07, 6.45) is 5.97. The van der Waals surface area contributed by atoms with Gasteiger partial charge in [0.15, 0.2) is 5.41 Å². The Labute approximate surface area is 171 Å². The molecule has 0 bridgehead atoms. The van der Waals surface area contributed by atoms with Crippen LogP contribution in [-0.4, -0.2) is 25.3 Å². The van der Waals surface area contributed by atoms with Crippen LogP contribution in [0.3, 0.4) is 0 Å². The molecule has 29 heavy (non-hydrogen) atoms. The molecule has 0 amide bonds. The molecule has 1 aliphatic heterocycles. The Morgan fingerprint density at radius 1 is 1.00 bits per heavy atom. The van der Waals surface area contributed by atoms with Crippen LogP contribution >= 0.6 is 0 Å². The Hall–Kier alpha value is -3.53. The maximum atomic E-state index is 13.0. The molecule has 0 aromatic heterocycles. The van der Waals surface area contributed by atoms with Crippen LogP contribution in [0.25, 0.3) is 0 Å². The number of esters is 1. The number of epoxide rings is 1. The summed E-state index contributed by atoms with van der Waals surface area (Å²) in [4.78, 5) is 13.0. The minimum atomic E-state index is -1.06. The zero-order chi connectivity index (χ0) is 19.9. The molecular weight excluding hydrogens is 360 g/mol. The fourth-order valence-electron chi connectivity index (χ4n) is 2.95. The van der Waals surface area contributed by atoms with Gasteiger partial charge in [0.1, 0.15) is 12.7 Å². The summed E-state index contributed by atoms with van der Waals surface area (Å²) in [5.74, 6) is 12.3. The molecule has 2 aromatic rings. The monoisotopic (exact) mass is 380 g/mol. The van der Waals surface area contributed by atoms with E-state index in [1.54, 1.807) is 0 Å². The lowest BCUT2D eigenvalue weighted by Gasteiger charge is -2.25. The van der Waals surface area contributed by atoms with Crippen LogP contribution in [0.2, 0.25) is 0 Å². The van der Waals surface area contributed by atoms with E-state index in [0.717, 1.165) is 16.7 Å². The molecule has 2 aromatic carbocycles. The predicted octanol–water partition coefficient (Wildman–Crippen LogP) is 3.90. The van der Waals surface area contributed by atoms with E-state index in [9.17, 15) is 4.79 Å². The summed E-state index contributed by atoms with van der Waals surface area (Å²) in [6, 6.07) is 19.4. The van der Waals surface area contributed by atoms with Crippen LogP contribution in [-0.2, 0) is 14.3 Å². The summed E-state index contributed by atoms with van der Waals surface area (Å²) in [7, 11) is 0. The number of benzene rings is 2. The second-order valence-corrected chi connectivity index (χ2v) is 6.99. The van der Waals surface area contributed by atoms with Crippen LogP contribution in [0.15, 0.2) is 84.5 Å². The highest BCUT2D eigenvalue weighted by molar-refractivity contribution is 5.84. The highest BCUT2D eigenvalue weighted by atomic mass is 16.6. The number of allylic oxidation sites excluding steroid dienone is 3. The zero-order valence-corrected chi connectivity index (χ0v) is 15.9. The third-order valence-corrected chi connectivity index (χ3v) is 4.66. The average molecular weight is 380 g/mol. The molecule has 2 unspecified atom stereocenters. The van der Waals surface area contributed by atoms with Crippen molar-refractivity contribution < 1.29 is 14.3 Å². The van der Waals surface area contributed by atoms with Crippen molar-refractivity contribution >= 4 is 5.97 Å². The Morgan fingerprint density at radius 3 is 2.31 bits per heavy atom. The Morgan fingerprint density at radius 2 is 1.66 bits per heavy atom. The van der Waals surface area contributed by atoms with E-state index in [-0.39, 0.29) is 18.7 Å². The van der Waals surface area contributed by atoms with E-state index in [1.807, 2.05) is 78.9 Å². The highest BCUT2D eigenvalue weighted by Gasteiger charge is 2.39. The second-order valence-electron chi connectivity index (χ2n) is 6.99. The van der Waals surface area contributed by atoms with Gasteiger partial charge < -0.3 is 9.47 Å². The summed E-state index contributed by atoms with van der Waals surface area (Å²) in [5, 5.41) is 0. The smallest absolute Gasteiger partial charge is 0.328 e. The molecule has 1 saturated heterocycles. The van der Waals surface area contributed by atoms with Crippen molar-refractivity contribution in [3.8, 4) is 23.7 Å². The van der Waals surface area contributed by atoms with E-state index < -0.39 is 5.41 Å². The zero-order valence-electron chi connectivity index (χ0n) is 15.9. The summed E-state index contributed by atoms with van der Waals surface area (Å²) >= 11 is 0. The van der Waals surface area contributed by atoms with E-state index in [4.69, 9.17) is 9.47 Å². The third-order valence-electron chi connectivity index (χ3n) is 4.66. The molecule has 0 saturated carbocycles. The molecular formula is C26H20O3. The van der Waals surface area contributed by atoms with Gasteiger partial charge in [-0.2, -0.15) is 0 Å². The van der Waals surface area contributed by atoms with Crippen LogP contribution in [0.1, 0.15) is 17.5 Å². The van der Waals surface area contributed by atoms with Gasteiger partial charge in [0, 0.05) is 23.1 Å². The molecule has 0 N–H and O–H groups in total. The number of carbonyl (C=O) groups is 1. The maximum Gasteiger partial charge on any atom is 0.328 e. The van der Waals surface area contributed by atoms with Crippen molar-refractivity contribution in [3.05, 3.63) is 95.6 Å². The molecule has 3 nitrogen and oxygen atoms in total. The first kappa shape index (κ1) is 18.8. The summed E-state index contributed by atoms with van der Waals surface area (Å²) < 4.78 is 10.7. The Kier molecular flexibility index (Phi) is 5.61. The molecule has 2 atom stereocenters. The molecule has 0 radical (unpaired) electrons. The number of hydrogen-bond acceptors (Lipinski definition) is 3. The van der Waals surface area contributed by atoms with Crippen molar-refractivity contribution in [2.24, 2.45) is 5.41 Å². The van der Waals surface area contributed by atoms with Crippen LogP contribution in [0, 0.1) is 29.1 Å².